The smallest absolute Gasteiger partial charge is 0.325 e. The Hall–Kier alpha value is -2.31. The summed E-state index contributed by atoms with van der Waals surface area (Å²) in [5, 5.41) is 5.72. The molecule has 3 atom stereocenters. The summed E-state index contributed by atoms with van der Waals surface area (Å²) in [7, 11) is 0. The van der Waals surface area contributed by atoms with Gasteiger partial charge in [-0.15, -0.1) is 0 Å². The molecule has 2 N–H and O–H groups in total. The Balaban J connectivity index is 1.47. The molecule has 1 saturated heterocycles. The SMILES string of the molecule is C[C@@H]1CCCC[C@H]1NC(=O)CC[C@@H]1NC(=O)N(Cc2ccco2)C1=O. The molecule has 3 rings (SSSR count). The minimum atomic E-state index is -0.642. The second-order valence-electron chi connectivity index (χ2n) is 6.98. The molecule has 0 spiro atoms. The van der Waals surface area contributed by atoms with Crippen molar-refractivity contribution in [2.24, 2.45) is 5.92 Å². The normalized spacial score (nSPS) is 26.6. The monoisotopic (exact) mass is 347 g/mol. The third kappa shape index (κ3) is 4.21. The van der Waals surface area contributed by atoms with E-state index in [4.69, 9.17) is 4.42 Å². The minimum absolute atomic E-state index is 0.0507. The lowest BCUT2D eigenvalue weighted by molar-refractivity contribution is -0.128. The van der Waals surface area contributed by atoms with Gasteiger partial charge in [0.05, 0.1) is 12.8 Å². The zero-order chi connectivity index (χ0) is 17.8. The molecular formula is C18H25N3O4. The van der Waals surface area contributed by atoms with Crippen molar-refractivity contribution in [2.75, 3.05) is 0 Å². The predicted molar refractivity (Wildman–Crippen MR) is 90.4 cm³/mol. The van der Waals surface area contributed by atoms with Gasteiger partial charge in [-0.25, -0.2) is 4.79 Å². The van der Waals surface area contributed by atoms with E-state index < -0.39 is 12.1 Å². The number of nitrogens with zero attached hydrogens (tertiary/aromatic N) is 1. The molecule has 0 bridgehead atoms. The van der Waals surface area contributed by atoms with Crippen molar-refractivity contribution < 1.29 is 18.8 Å². The van der Waals surface area contributed by atoms with Crippen molar-refractivity contribution in [3.8, 4) is 0 Å². The van der Waals surface area contributed by atoms with E-state index in [-0.39, 0.29) is 30.8 Å². The molecule has 2 aliphatic rings. The maximum Gasteiger partial charge on any atom is 0.325 e. The van der Waals surface area contributed by atoms with Crippen molar-refractivity contribution in [1.29, 1.82) is 0 Å². The Labute approximate surface area is 147 Å². The number of carbonyl (C=O) groups is 3. The van der Waals surface area contributed by atoms with Crippen LogP contribution in [0.15, 0.2) is 22.8 Å². The molecule has 1 aromatic heterocycles. The van der Waals surface area contributed by atoms with Gasteiger partial charge in [0.1, 0.15) is 11.8 Å². The highest BCUT2D eigenvalue weighted by Crippen LogP contribution is 2.24. The van der Waals surface area contributed by atoms with Crippen molar-refractivity contribution in [3.63, 3.8) is 0 Å². The van der Waals surface area contributed by atoms with Crippen LogP contribution in [0.2, 0.25) is 0 Å². The first-order valence-corrected chi connectivity index (χ1v) is 8.98. The summed E-state index contributed by atoms with van der Waals surface area (Å²) in [6.45, 7) is 2.28. The Morgan fingerprint density at radius 1 is 1.36 bits per heavy atom. The molecule has 7 nitrogen and oxygen atoms in total. The van der Waals surface area contributed by atoms with Crippen LogP contribution in [-0.4, -0.2) is 34.8 Å². The molecule has 25 heavy (non-hydrogen) atoms. The Morgan fingerprint density at radius 2 is 2.16 bits per heavy atom. The predicted octanol–water partition coefficient (Wildman–Crippen LogP) is 2.18. The highest BCUT2D eigenvalue weighted by molar-refractivity contribution is 6.04. The first-order chi connectivity index (χ1) is 12.0. The molecule has 1 aromatic rings. The largest absolute Gasteiger partial charge is 0.467 e. The number of amides is 4. The summed E-state index contributed by atoms with van der Waals surface area (Å²) in [4.78, 5) is 37.6. The van der Waals surface area contributed by atoms with E-state index in [1.54, 1.807) is 12.1 Å². The van der Waals surface area contributed by atoms with E-state index in [9.17, 15) is 14.4 Å². The Bertz CT molecular complexity index is 628. The van der Waals surface area contributed by atoms with Gasteiger partial charge in [0.2, 0.25) is 5.91 Å². The zero-order valence-corrected chi connectivity index (χ0v) is 14.5. The number of carbonyl (C=O) groups excluding carboxylic acids is 3. The maximum absolute atomic E-state index is 12.4. The van der Waals surface area contributed by atoms with Crippen molar-refractivity contribution in [2.45, 2.75) is 64.1 Å². The number of hydrogen-bond donors (Lipinski definition) is 2. The molecule has 136 valence electrons. The summed E-state index contributed by atoms with van der Waals surface area (Å²) in [6, 6.07) is 2.57. The van der Waals surface area contributed by atoms with E-state index in [1.807, 2.05) is 0 Å². The molecule has 0 unspecified atom stereocenters. The van der Waals surface area contributed by atoms with Gasteiger partial charge in [0.25, 0.3) is 5.91 Å². The highest BCUT2D eigenvalue weighted by atomic mass is 16.3. The van der Waals surface area contributed by atoms with Gasteiger partial charge in [-0.2, -0.15) is 0 Å². The number of imide groups is 1. The molecule has 2 fully saturated rings. The summed E-state index contributed by atoms with van der Waals surface area (Å²) in [6.07, 6.45) is 6.57. The average Bonchev–Trinajstić information content (AvgIpc) is 3.19. The van der Waals surface area contributed by atoms with Gasteiger partial charge >= 0.3 is 6.03 Å². The van der Waals surface area contributed by atoms with Crippen LogP contribution >= 0.6 is 0 Å². The van der Waals surface area contributed by atoms with E-state index >= 15 is 0 Å². The zero-order valence-electron chi connectivity index (χ0n) is 14.5. The average molecular weight is 347 g/mol. The molecule has 7 heteroatoms. The summed E-state index contributed by atoms with van der Waals surface area (Å²) >= 11 is 0. The fraction of sp³-hybridized carbons (Fsp3) is 0.611. The van der Waals surface area contributed by atoms with Crippen LogP contribution in [0.5, 0.6) is 0 Å². The lowest BCUT2D eigenvalue weighted by atomic mass is 9.86. The molecule has 4 amide bonds. The molecule has 0 radical (unpaired) electrons. The molecular weight excluding hydrogens is 322 g/mol. The van der Waals surface area contributed by atoms with Gasteiger partial charge in [-0.1, -0.05) is 19.8 Å². The van der Waals surface area contributed by atoms with Crippen molar-refractivity contribution in [1.82, 2.24) is 15.5 Å². The highest BCUT2D eigenvalue weighted by Gasteiger charge is 2.38. The van der Waals surface area contributed by atoms with Crippen LogP contribution in [0.1, 0.15) is 51.2 Å². The van der Waals surface area contributed by atoms with Crippen LogP contribution < -0.4 is 10.6 Å². The summed E-state index contributed by atoms with van der Waals surface area (Å²) < 4.78 is 5.18. The second-order valence-corrected chi connectivity index (χ2v) is 6.98. The molecule has 0 aromatic carbocycles. The standard InChI is InChI=1S/C18H25N3O4/c1-12-5-2-3-7-14(12)19-16(22)9-8-15-17(23)21(18(24)20-15)11-13-6-4-10-25-13/h4,6,10,12,14-15H,2-3,5,7-9,11H2,1H3,(H,19,22)(H,20,24)/t12-,14-,15+/m1/s1. The first kappa shape index (κ1) is 17.5. The number of furan rings is 1. The number of urea groups is 1. The second kappa shape index (κ2) is 7.72. The van der Waals surface area contributed by atoms with E-state index in [0.29, 0.717) is 18.1 Å². The fourth-order valence-electron chi connectivity index (χ4n) is 3.57. The number of rotatable bonds is 6. The molecule has 1 aliphatic heterocycles. The van der Waals surface area contributed by atoms with Crippen LogP contribution in [-0.2, 0) is 16.1 Å². The van der Waals surface area contributed by atoms with Crippen LogP contribution in [0.4, 0.5) is 4.79 Å². The van der Waals surface area contributed by atoms with Crippen LogP contribution in [0.25, 0.3) is 0 Å². The van der Waals surface area contributed by atoms with Crippen molar-refractivity contribution in [3.05, 3.63) is 24.2 Å². The molecule has 2 heterocycles. The Kier molecular flexibility index (Phi) is 5.40. The van der Waals surface area contributed by atoms with E-state index in [1.165, 1.54) is 12.7 Å². The van der Waals surface area contributed by atoms with Crippen molar-refractivity contribution >= 4 is 17.8 Å². The Morgan fingerprint density at radius 3 is 2.88 bits per heavy atom. The first-order valence-electron chi connectivity index (χ1n) is 8.98. The number of nitrogens with one attached hydrogen (secondary N) is 2. The summed E-state index contributed by atoms with van der Waals surface area (Å²) in [5.41, 5.74) is 0. The van der Waals surface area contributed by atoms with Gasteiger partial charge in [-0.3, -0.25) is 14.5 Å². The summed E-state index contributed by atoms with van der Waals surface area (Å²) in [5.74, 6) is 0.688. The van der Waals surface area contributed by atoms with Gasteiger partial charge in [0.15, 0.2) is 0 Å². The van der Waals surface area contributed by atoms with E-state index in [0.717, 1.165) is 24.2 Å². The topological polar surface area (TPSA) is 91.7 Å². The third-order valence-corrected chi connectivity index (χ3v) is 5.12. The van der Waals surface area contributed by atoms with Crippen LogP contribution in [0.3, 0.4) is 0 Å². The quantitative estimate of drug-likeness (QED) is 0.772. The number of hydrogen-bond acceptors (Lipinski definition) is 4. The molecule has 1 saturated carbocycles. The van der Waals surface area contributed by atoms with Gasteiger partial charge in [-0.05, 0) is 37.3 Å². The van der Waals surface area contributed by atoms with Gasteiger partial charge in [0, 0.05) is 12.5 Å². The third-order valence-electron chi connectivity index (χ3n) is 5.12. The van der Waals surface area contributed by atoms with Gasteiger partial charge < -0.3 is 15.1 Å². The van der Waals surface area contributed by atoms with E-state index in [2.05, 4.69) is 17.6 Å². The van der Waals surface area contributed by atoms with Crippen LogP contribution in [0, 0.1) is 5.92 Å². The lowest BCUT2D eigenvalue weighted by Gasteiger charge is -2.29. The lowest BCUT2D eigenvalue weighted by Crippen LogP contribution is -2.41. The molecule has 1 aliphatic carbocycles. The maximum atomic E-state index is 12.4. The fourth-order valence-corrected chi connectivity index (χ4v) is 3.57. The minimum Gasteiger partial charge on any atom is -0.467 e.